The summed E-state index contributed by atoms with van der Waals surface area (Å²) in [6, 6.07) is 15.9. The Bertz CT molecular complexity index is 1090. The molecule has 140 valence electrons. The molecule has 27 heavy (non-hydrogen) atoms. The Kier molecular flexibility index (Phi) is 5.48. The van der Waals surface area contributed by atoms with E-state index in [0.717, 1.165) is 22.0 Å². The van der Waals surface area contributed by atoms with Crippen LogP contribution in [0.15, 0.2) is 71.6 Å². The van der Waals surface area contributed by atoms with Crippen molar-refractivity contribution in [2.24, 2.45) is 0 Å². The Balaban J connectivity index is 2.14. The first-order chi connectivity index (χ1) is 12.8. The van der Waals surface area contributed by atoms with Gasteiger partial charge in [-0.15, -0.1) is 0 Å². The molecule has 0 heterocycles. The summed E-state index contributed by atoms with van der Waals surface area (Å²) in [6.45, 7) is 1.52. The molecule has 0 aliphatic rings. The number of hydrogen-bond donors (Lipinski definition) is 0. The fourth-order valence-corrected chi connectivity index (χ4v) is 4.61. The maximum atomic E-state index is 14.2. The van der Waals surface area contributed by atoms with Crippen LogP contribution >= 0.6 is 11.6 Å². The van der Waals surface area contributed by atoms with Gasteiger partial charge in [0.2, 0.25) is 0 Å². The van der Waals surface area contributed by atoms with Crippen molar-refractivity contribution < 1.29 is 17.2 Å². The van der Waals surface area contributed by atoms with E-state index in [1.54, 1.807) is 30.3 Å². The third-order valence-electron chi connectivity index (χ3n) is 4.02. The van der Waals surface area contributed by atoms with Crippen molar-refractivity contribution in [3.63, 3.8) is 0 Å². The lowest BCUT2D eigenvalue weighted by Gasteiger charge is -2.25. The third-order valence-corrected chi connectivity index (χ3v) is 6.30. The minimum atomic E-state index is -4.09. The molecule has 0 spiro atoms. The number of rotatable bonds is 5. The number of anilines is 1. The zero-order valence-corrected chi connectivity index (χ0v) is 15.9. The summed E-state index contributed by atoms with van der Waals surface area (Å²) in [7, 11) is -4.09. The van der Waals surface area contributed by atoms with Crippen molar-refractivity contribution in [3.8, 4) is 0 Å². The number of hydrogen-bond acceptors (Lipinski definition) is 2. The van der Waals surface area contributed by atoms with Crippen molar-refractivity contribution in [2.75, 3.05) is 4.31 Å². The Labute approximate surface area is 161 Å². The van der Waals surface area contributed by atoms with E-state index >= 15 is 0 Å². The molecule has 0 radical (unpaired) electrons. The summed E-state index contributed by atoms with van der Waals surface area (Å²) < 4.78 is 55.1. The molecule has 0 aliphatic carbocycles. The predicted octanol–water partition coefficient (Wildman–Crippen LogP) is 5.32. The minimum Gasteiger partial charge on any atom is -0.262 e. The monoisotopic (exact) mass is 407 g/mol. The van der Waals surface area contributed by atoms with Crippen LogP contribution < -0.4 is 4.31 Å². The molecule has 3 aromatic carbocycles. The van der Waals surface area contributed by atoms with Gasteiger partial charge in [-0.25, -0.2) is 17.2 Å². The Morgan fingerprint density at radius 1 is 0.963 bits per heavy atom. The third kappa shape index (κ3) is 4.12. The molecule has 3 aromatic rings. The average Bonchev–Trinajstić information content (AvgIpc) is 2.61. The smallest absolute Gasteiger partial charge is 0.262 e. The molecule has 0 atom stereocenters. The van der Waals surface area contributed by atoms with Crippen LogP contribution in [-0.2, 0) is 16.6 Å². The van der Waals surface area contributed by atoms with E-state index in [1.807, 2.05) is 13.0 Å². The van der Waals surface area contributed by atoms with Crippen LogP contribution in [-0.4, -0.2) is 8.42 Å². The summed E-state index contributed by atoms with van der Waals surface area (Å²) in [5, 5.41) is 0.0646. The van der Waals surface area contributed by atoms with Crippen LogP contribution in [0.25, 0.3) is 0 Å². The molecule has 0 N–H and O–H groups in total. The van der Waals surface area contributed by atoms with Gasteiger partial charge in [-0.3, -0.25) is 4.31 Å². The minimum absolute atomic E-state index is 0.0496. The maximum Gasteiger partial charge on any atom is 0.266 e. The van der Waals surface area contributed by atoms with Crippen molar-refractivity contribution in [2.45, 2.75) is 18.4 Å². The Hall–Kier alpha value is -2.44. The summed E-state index contributed by atoms with van der Waals surface area (Å²) in [5.74, 6) is -1.55. The van der Waals surface area contributed by atoms with Gasteiger partial charge in [0.1, 0.15) is 16.5 Å². The standard InChI is InChI=1S/C20H16ClF2NO2S/c1-14-5-4-6-17(11-14)24(13-15-9-10-16(22)12-19(15)23)27(25,26)20-8-3-2-7-18(20)21/h2-12H,13H2,1H3. The van der Waals surface area contributed by atoms with Gasteiger partial charge in [0.05, 0.1) is 17.3 Å². The number of sulfonamides is 1. The molecule has 3 rings (SSSR count). The van der Waals surface area contributed by atoms with E-state index in [-0.39, 0.29) is 22.0 Å². The van der Waals surface area contributed by atoms with Crippen LogP contribution in [0.4, 0.5) is 14.5 Å². The summed E-state index contributed by atoms with van der Waals surface area (Å²) >= 11 is 6.10. The first-order valence-corrected chi connectivity index (χ1v) is 9.89. The van der Waals surface area contributed by atoms with E-state index in [4.69, 9.17) is 11.6 Å². The van der Waals surface area contributed by atoms with Gasteiger partial charge in [0, 0.05) is 11.6 Å². The van der Waals surface area contributed by atoms with Crippen molar-refractivity contribution in [1.29, 1.82) is 0 Å². The molecular weight excluding hydrogens is 392 g/mol. The molecule has 3 nitrogen and oxygen atoms in total. The second-order valence-corrected chi connectivity index (χ2v) is 8.25. The molecule has 0 aromatic heterocycles. The van der Waals surface area contributed by atoms with E-state index < -0.39 is 21.7 Å². The number of halogens is 3. The largest absolute Gasteiger partial charge is 0.266 e. The maximum absolute atomic E-state index is 14.2. The molecule has 0 saturated carbocycles. The Morgan fingerprint density at radius 3 is 2.37 bits per heavy atom. The van der Waals surface area contributed by atoms with E-state index in [2.05, 4.69) is 0 Å². The SMILES string of the molecule is Cc1cccc(N(Cc2ccc(F)cc2F)S(=O)(=O)c2ccccc2Cl)c1. The van der Waals surface area contributed by atoms with Crippen molar-refractivity contribution in [1.82, 2.24) is 0 Å². The molecule has 0 bridgehead atoms. The molecule has 0 amide bonds. The Morgan fingerprint density at radius 2 is 1.70 bits per heavy atom. The average molecular weight is 408 g/mol. The lowest BCUT2D eigenvalue weighted by molar-refractivity contribution is 0.569. The van der Waals surface area contributed by atoms with Crippen molar-refractivity contribution in [3.05, 3.63) is 94.5 Å². The first kappa shape index (κ1) is 19.3. The zero-order valence-electron chi connectivity index (χ0n) is 14.4. The fraction of sp³-hybridized carbons (Fsp3) is 0.100. The summed E-state index contributed by atoms with van der Waals surface area (Å²) in [4.78, 5) is -0.0873. The highest BCUT2D eigenvalue weighted by atomic mass is 35.5. The molecule has 0 saturated heterocycles. The van der Waals surface area contributed by atoms with E-state index in [0.29, 0.717) is 5.69 Å². The van der Waals surface area contributed by atoms with E-state index in [1.165, 1.54) is 18.2 Å². The second-order valence-electron chi connectivity index (χ2n) is 6.02. The van der Waals surface area contributed by atoms with Crippen LogP contribution in [0.3, 0.4) is 0 Å². The number of nitrogens with zero attached hydrogens (tertiary/aromatic N) is 1. The van der Waals surface area contributed by atoms with Gasteiger partial charge in [-0.2, -0.15) is 0 Å². The van der Waals surface area contributed by atoms with Gasteiger partial charge in [0.15, 0.2) is 0 Å². The van der Waals surface area contributed by atoms with Crippen LogP contribution in [0.2, 0.25) is 5.02 Å². The van der Waals surface area contributed by atoms with Gasteiger partial charge in [-0.1, -0.05) is 41.9 Å². The number of benzene rings is 3. The van der Waals surface area contributed by atoms with Crippen LogP contribution in [0, 0.1) is 18.6 Å². The second kappa shape index (κ2) is 7.66. The normalized spacial score (nSPS) is 11.4. The lowest BCUT2D eigenvalue weighted by Crippen LogP contribution is -2.31. The highest BCUT2D eigenvalue weighted by molar-refractivity contribution is 7.93. The van der Waals surface area contributed by atoms with Crippen LogP contribution in [0.5, 0.6) is 0 Å². The molecule has 0 fully saturated rings. The number of aryl methyl sites for hydroxylation is 1. The fourth-order valence-electron chi connectivity index (χ4n) is 2.68. The summed E-state index contributed by atoms with van der Waals surface area (Å²) in [5.41, 5.74) is 1.25. The lowest BCUT2D eigenvalue weighted by atomic mass is 10.2. The van der Waals surface area contributed by atoms with Gasteiger partial charge in [0.25, 0.3) is 10.0 Å². The molecular formula is C20H16ClF2NO2S. The predicted molar refractivity (Wildman–Crippen MR) is 102 cm³/mol. The highest BCUT2D eigenvalue weighted by Gasteiger charge is 2.28. The topological polar surface area (TPSA) is 37.4 Å². The molecule has 0 unspecified atom stereocenters. The highest BCUT2D eigenvalue weighted by Crippen LogP contribution is 2.30. The first-order valence-electron chi connectivity index (χ1n) is 8.07. The molecule has 7 heteroatoms. The summed E-state index contributed by atoms with van der Waals surface area (Å²) in [6.07, 6.45) is 0. The van der Waals surface area contributed by atoms with E-state index in [9.17, 15) is 17.2 Å². The van der Waals surface area contributed by atoms with Crippen molar-refractivity contribution >= 4 is 27.3 Å². The van der Waals surface area contributed by atoms with Gasteiger partial charge < -0.3 is 0 Å². The van der Waals surface area contributed by atoms with Gasteiger partial charge in [-0.05, 0) is 42.8 Å². The quantitative estimate of drug-likeness (QED) is 0.573. The van der Waals surface area contributed by atoms with Gasteiger partial charge >= 0.3 is 0 Å². The molecule has 0 aliphatic heterocycles. The van der Waals surface area contributed by atoms with Crippen LogP contribution in [0.1, 0.15) is 11.1 Å². The zero-order chi connectivity index (χ0) is 19.6.